The molecule has 2 aromatic rings. The lowest BCUT2D eigenvalue weighted by molar-refractivity contribution is 0.413. The summed E-state index contributed by atoms with van der Waals surface area (Å²) >= 11 is 6.00. The van der Waals surface area contributed by atoms with Gasteiger partial charge in [-0.15, -0.1) is 10.2 Å². The lowest BCUT2D eigenvalue weighted by Crippen LogP contribution is -2.03. The molecule has 0 N–H and O–H groups in total. The fourth-order valence-corrected chi connectivity index (χ4v) is 2.11. The Labute approximate surface area is 108 Å². The number of halogens is 2. The fraction of sp³-hybridized carbons (Fsp3) is 0.333. The van der Waals surface area contributed by atoms with Crippen molar-refractivity contribution < 1.29 is 9.13 Å². The first-order valence-electron chi connectivity index (χ1n) is 5.65. The maximum atomic E-state index is 13.9. The van der Waals surface area contributed by atoms with Gasteiger partial charge < -0.3 is 4.74 Å². The molecule has 1 aliphatic carbocycles. The summed E-state index contributed by atoms with van der Waals surface area (Å²) in [6, 6.07) is 4.51. The van der Waals surface area contributed by atoms with E-state index in [1.165, 1.54) is 13.2 Å². The van der Waals surface area contributed by atoms with Crippen LogP contribution in [0, 0.1) is 5.82 Å². The van der Waals surface area contributed by atoms with Gasteiger partial charge in [0.05, 0.1) is 12.8 Å². The number of hydrogen-bond acceptors (Lipinski definition) is 3. The third kappa shape index (κ3) is 1.84. The van der Waals surface area contributed by atoms with E-state index in [1.807, 2.05) is 0 Å². The highest BCUT2D eigenvalue weighted by molar-refractivity contribution is 6.28. The van der Waals surface area contributed by atoms with Crippen molar-refractivity contribution in [3.63, 3.8) is 0 Å². The van der Waals surface area contributed by atoms with Crippen LogP contribution in [0.4, 0.5) is 4.39 Å². The number of methoxy groups -OCH3 is 1. The van der Waals surface area contributed by atoms with Crippen molar-refractivity contribution in [2.75, 3.05) is 7.11 Å². The minimum atomic E-state index is -0.376. The minimum absolute atomic E-state index is 0.170. The van der Waals surface area contributed by atoms with Gasteiger partial charge in [-0.05, 0) is 36.6 Å². The summed E-state index contributed by atoms with van der Waals surface area (Å²) < 4.78 is 20.6. The molecular formula is C12H11ClFN3O. The Morgan fingerprint density at radius 1 is 1.39 bits per heavy atom. The number of hydrogen-bond donors (Lipinski definition) is 0. The normalized spacial score (nSPS) is 14.8. The van der Waals surface area contributed by atoms with E-state index in [2.05, 4.69) is 10.2 Å². The van der Waals surface area contributed by atoms with Crippen LogP contribution in [0.2, 0.25) is 5.28 Å². The second-order valence-electron chi connectivity index (χ2n) is 4.25. The molecule has 1 heterocycles. The third-order valence-corrected chi connectivity index (χ3v) is 3.23. The third-order valence-electron chi connectivity index (χ3n) is 2.99. The smallest absolute Gasteiger partial charge is 0.229 e. The molecule has 4 nitrogen and oxygen atoms in total. The molecule has 0 spiro atoms. The number of ether oxygens (including phenoxy) is 1. The average Bonchev–Trinajstić information content (AvgIpc) is 3.14. The fourth-order valence-electron chi connectivity index (χ4n) is 1.90. The predicted octanol–water partition coefficient (Wildman–Crippen LogP) is 2.95. The lowest BCUT2D eigenvalue weighted by Gasteiger charge is -2.10. The van der Waals surface area contributed by atoms with Gasteiger partial charge in [-0.2, -0.15) is 0 Å². The van der Waals surface area contributed by atoms with Gasteiger partial charge in [0.25, 0.3) is 0 Å². The molecule has 18 heavy (non-hydrogen) atoms. The van der Waals surface area contributed by atoms with Gasteiger partial charge in [-0.25, -0.2) is 4.39 Å². The highest BCUT2D eigenvalue weighted by Gasteiger charge is 2.31. The van der Waals surface area contributed by atoms with Crippen LogP contribution >= 0.6 is 11.6 Å². The summed E-state index contributed by atoms with van der Waals surface area (Å²) in [5.74, 6) is 1.24. The molecule has 0 saturated heterocycles. The molecule has 1 aromatic heterocycles. The van der Waals surface area contributed by atoms with Gasteiger partial charge in [0.2, 0.25) is 5.28 Å². The van der Waals surface area contributed by atoms with Gasteiger partial charge in [0, 0.05) is 12.0 Å². The molecule has 0 atom stereocenters. The maximum Gasteiger partial charge on any atom is 0.229 e. The Kier molecular flexibility index (Phi) is 2.70. The molecule has 0 unspecified atom stereocenters. The molecular weight excluding hydrogens is 257 g/mol. The van der Waals surface area contributed by atoms with Crippen molar-refractivity contribution in [2.45, 2.75) is 18.8 Å². The van der Waals surface area contributed by atoms with Gasteiger partial charge in [-0.3, -0.25) is 4.57 Å². The van der Waals surface area contributed by atoms with Crippen LogP contribution < -0.4 is 4.74 Å². The molecule has 94 valence electrons. The van der Waals surface area contributed by atoms with E-state index in [0.717, 1.165) is 12.8 Å². The van der Waals surface area contributed by atoms with Crippen LogP contribution in [-0.2, 0) is 0 Å². The zero-order valence-corrected chi connectivity index (χ0v) is 10.5. The second kappa shape index (κ2) is 4.24. The number of aromatic nitrogens is 3. The molecule has 1 saturated carbocycles. The van der Waals surface area contributed by atoms with Crippen LogP contribution in [-0.4, -0.2) is 21.9 Å². The average molecular weight is 268 g/mol. The van der Waals surface area contributed by atoms with E-state index in [9.17, 15) is 4.39 Å². The van der Waals surface area contributed by atoms with Crippen LogP contribution in [0.25, 0.3) is 5.69 Å². The van der Waals surface area contributed by atoms with E-state index in [0.29, 0.717) is 23.2 Å². The van der Waals surface area contributed by atoms with Crippen molar-refractivity contribution in [3.05, 3.63) is 35.1 Å². The Morgan fingerprint density at radius 3 is 2.83 bits per heavy atom. The van der Waals surface area contributed by atoms with Crippen molar-refractivity contribution in [1.29, 1.82) is 0 Å². The first kappa shape index (κ1) is 11.5. The standard InChI is InChI=1S/C12H11ClFN3O/c1-18-8-4-5-9(14)10(6-8)17-11(7-2-3-7)15-16-12(17)13/h4-7H,2-3H2,1H3. The molecule has 0 bridgehead atoms. The zero-order valence-electron chi connectivity index (χ0n) is 9.73. The summed E-state index contributed by atoms with van der Waals surface area (Å²) in [5.41, 5.74) is 0.325. The monoisotopic (exact) mass is 267 g/mol. The lowest BCUT2D eigenvalue weighted by atomic mass is 10.2. The number of rotatable bonds is 3. The van der Waals surface area contributed by atoms with E-state index in [4.69, 9.17) is 16.3 Å². The molecule has 0 aliphatic heterocycles. The van der Waals surface area contributed by atoms with Crippen LogP contribution in [0.15, 0.2) is 18.2 Å². The van der Waals surface area contributed by atoms with Crippen molar-refractivity contribution in [3.8, 4) is 11.4 Å². The number of nitrogens with zero attached hydrogens (tertiary/aromatic N) is 3. The molecule has 1 aromatic carbocycles. The molecule has 0 radical (unpaired) electrons. The van der Waals surface area contributed by atoms with Gasteiger partial charge in [0.1, 0.15) is 17.4 Å². The quantitative estimate of drug-likeness (QED) is 0.858. The summed E-state index contributed by atoms with van der Waals surface area (Å²) in [6.07, 6.45) is 2.08. The van der Waals surface area contributed by atoms with Crippen molar-refractivity contribution in [2.24, 2.45) is 0 Å². The van der Waals surface area contributed by atoms with E-state index in [-0.39, 0.29) is 11.1 Å². The predicted molar refractivity (Wildman–Crippen MR) is 64.9 cm³/mol. The summed E-state index contributed by atoms with van der Waals surface area (Å²) in [6.45, 7) is 0. The molecule has 1 fully saturated rings. The van der Waals surface area contributed by atoms with E-state index < -0.39 is 0 Å². The largest absolute Gasteiger partial charge is 0.497 e. The SMILES string of the molecule is COc1ccc(F)c(-n2c(Cl)nnc2C2CC2)c1. The van der Waals surface area contributed by atoms with E-state index >= 15 is 0 Å². The summed E-state index contributed by atoms with van der Waals surface area (Å²) in [5, 5.41) is 8.02. The van der Waals surface area contributed by atoms with Crippen molar-refractivity contribution >= 4 is 11.6 Å². The maximum absolute atomic E-state index is 13.9. The molecule has 1 aliphatic rings. The Hall–Kier alpha value is -1.62. The Bertz CT molecular complexity index is 595. The first-order valence-corrected chi connectivity index (χ1v) is 6.03. The highest BCUT2D eigenvalue weighted by Crippen LogP contribution is 2.41. The topological polar surface area (TPSA) is 39.9 Å². The molecule has 0 amide bonds. The van der Waals surface area contributed by atoms with Crippen LogP contribution in [0.3, 0.4) is 0 Å². The minimum Gasteiger partial charge on any atom is -0.497 e. The highest BCUT2D eigenvalue weighted by atomic mass is 35.5. The summed E-state index contributed by atoms with van der Waals surface area (Å²) in [7, 11) is 1.53. The van der Waals surface area contributed by atoms with Gasteiger partial charge in [0.15, 0.2) is 0 Å². The molecule has 3 rings (SSSR count). The Balaban J connectivity index is 2.16. The molecule has 6 heteroatoms. The second-order valence-corrected chi connectivity index (χ2v) is 4.59. The Morgan fingerprint density at radius 2 is 2.17 bits per heavy atom. The van der Waals surface area contributed by atoms with Crippen molar-refractivity contribution in [1.82, 2.24) is 14.8 Å². The van der Waals surface area contributed by atoms with Gasteiger partial charge >= 0.3 is 0 Å². The first-order chi connectivity index (χ1) is 8.70. The number of benzene rings is 1. The summed E-state index contributed by atoms with van der Waals surface area (Å²) in [4.78, 5) is 0. The van der Waals surface area contributed by atoms with Gasteiger partial charge in [-0.1, -0.05) is 0 Å². The zero-order chi connectivity index (χ0) is 12.7. The van der Waals surface area contributed by atoms with Crippen LogP contribution in [0.5, 0.6) is 5.75 Å². The van der Waals surface area contributed by atoms with E-state index in [1.54, 1.807) is 16.7 Å². The van der Waals surface area contributed by atoms with Crippen LogP contribution in [0.1, 0.15) is 24.6 Å².